The summed E-state index contributed by atoms with van der Waals surface area (Å²) in [6, 6.07) is 63.5. The second-order valence-electron chi connectivity index (χ2n) is 10.5. The first-order chi connectivity index (χ1) is 21.9. The molecule has 0 bridgehead atoms. The molecule has 3 heteroatoms. The Morgan fingerprint density at radius 3 is 1.16 bits per heavy atom. The smallest absolute Gasteiger partial charge is 0.0729 e. The van der Waals surface area contributed by atoms with Crippen LogP contribution in [0.4, 0.5) is 34.1 Å². The molecule has 0 aliphatic rings. The van der Waals surface area contributed by atoms with Gasteiger partial charge in [-0.25, -0.2) is 0 Å². The predicted octanol–water partition coefficient (Wildman–Crippen LogP) is 11.4. The molecule has 1 aromatic heterocycles. The molecule has 6 aromatic carbocycles. The SMILES string of the molecule is c1ccc(N(c2ccccc2)c2ccccc2-c2ccnc(-c3ccccc3N(c3ccccc3)c3ccccc3)c2)cc1. The molecule has 0 fully saturated rings. The average molecular weight is 566 g/mol. The zero-order valence-electron chi connectivity index (χ0n) is 24.2. The molecule has 0 spiro atoms. The number of nitrogens with zero attached hydrogens (tertiary/aromatic N) is 3. The van der Waals surface area contributed by atoms with Crippen molar-refractivity contribution in [1.29, 1.82) is 0 Å². The largest absolute Gasteiger partial charge is 0.310 e. The molecule has 0 saturated carbocycles. The van der Waals surface area contributed by atoms with Crippen LogP contribution in [0.5, 0.6) is 0 Å². The van der Waals surface area contributed by atoms with Gasteiger partial charge in [0.2, 0.25) is 0 Å². The van der Waals surface area contributed by atoms with E-state index in [2.05, 4.69) is 192 Å². The summed E-state index contributed by atoms with van der Waals surface area (Å²) < 4.78 is 0. The third kappa shape index (κ3) is 5.47. The first kappa shape index (κ1) is 26.9. The van der Waals surface area contributed by atoms with Gasteiger partial charge in [0.05, 0.1) is 17.1 Å². The van der Waals surface area contributed by atoms with Crippen LogP contribution in [0.2, 0.25) is 0 Å². The van der Waals surface area contributed by atoms with Gasteiger partial charge in [-0.05, 0) is 78.4 Å². The van der Waals surface area contributed by atoms with E-state index in [1.807, 2.05) is 6.20 Å². The Kier molecular flexibility index (Phi) is 7.66. The number of rotatable bonds is 8. The van der Waals surface area contributed by atoms with Crippen LogP contribution in [0.1, 0.15) is 0 Å². The lowest BCUT2D eigenvalue weighted by Crippen LogP contribution is -2.11. The van der Waals surface area contributed by atoms with E-state index in [1.165, 1.54) is 0 Å². The number of aromatic nitrogens is 1. The van der Waals surface area contributed by atoms with Crippen LogP contribution in [-0.2, 0) is 0 Å². The lowest BCUT2D eigenvalue weighted by Gasteiger charge is -2.28. The highest BCUT2D eigenvalue weighted by Gasteiger charge is 2.19. The number of pyridine rings is 1. The zero-order valence-corrected chi connectivity index (χ0v) is 24.2. The van der Waals surface area contributed by atoms with Gasteiger partial charge in [-0.1, -0.05) is 109 Å². The molecule has 0 unspecified atom stereocenters. The van der Waals surface area contributed by atoms with Gasteiger partial charge in [0.25, 0.3) is 0 Å². The Hall–Kier alpha value is -5.93. The number of hydrogen-bond donors (Lipinski definition) is 0. The van der Waals surface area contributed by atoms with Gasteiger partial charge < -0.3 is 9.80 Å². The van der Waals surface area contributed by atoms with Gasteiger partial charge in [0.1, 0.15) is 0 Å². The standard InChI is InChI=1S/C41H31N3/c1-5-17-33(18-6-1)43(34-19-7-2-8-20-34)40-27-15-13-25-37(40)32-29-30-42-39(31-32)38-26-14-16-28-41(38)44(35-21-9-3-10-22-35)36-23-11-4-12-24-36/h1-31H. The van der Waals surface area contributed by atoms with Crippen LogP contribution in [0.25, 0.3) is 22.4 Å². The van der Waals surface area contributed by atoms with E-state index in [0.717, 1.165) is 56.5 Å². The number of hydrogen-bond acceptors (Lipinski definition) is 3. The maximum absolute atomic E-state index is 4.92. The molecular weight excluding hydrogens is 534 g/mol. The average Bonchev–Trinajstić information content (AvgIpc) is 3.11. The van der Waals surface area contributed by atoms with E-state index in [9.17, 15) is 0 Å². The first-order valence-corrected chi connectivity index (χ1v) is 14.8. The van der Waals surface area contributed by atoms with Crippen LogP contribution >= 0.6 is 0 Å². The molecular formula is C41H31N3. The minimum absolute atomic E-state index is 0.913. The van der Waals surface area contributed by atoms with Crippen molar-refractivity contribution in [2.45, 2.75) is 0 Å². The summed E-state index contributed by atoms with van der Waals surface area (Å²) in [6.07, 6.45) is 1.92. The summed E-state index contributed by atoms with van der Waals surface area (Å²) in [5.74, 6) is 0. The summed E-state index contributed by atoms with van der Waals surface area (Å²) >= 11 is 0. The highest BCUT2D eigenvalue weighted by molar-refractivity contribution is 5.91. The second kappa shape index (κ2) is 12.5. The van der Waals surface area contributed by atoms with Crippen LogP contribution in [0, 0.1) is 0 Å². The van der Waals surface area contributed by atoms with Crippen LogP contribution in [0.15, 0.2) is 188 Å². The van der Waals surface area contributed by atoms with Crippen molar-refractivity contribution in [2.75, 3.05) is 9.80 Å². The monoisotopic (exact) mass is 565 g/mol. The van der Waals surface area contributed by atoms with Crippen LogP contribution in [0.3, 0.4) is 0 Å². The van der Waals surface area contributed by atoms with Crippen LogP contribution < -0.4 is 9.80 Å². The van der Waals surface area contributed by atoms with E-state index in [0.29, 0.717) is 0 Å². The molecule has 0 aliphatic heterocycles. The Balaban J connectivity index is 1.37. The minimum atomic E-state index is 0.913. The molecule has 1 heterocycles. The van der Waals surface area contributed by atoms with Gasteiger partial charge in [-0.15, -0.1) is 0 Å². The molecule has 44 heavy (non-hydrogen) atoms. The number of benzene rings is 6. The van der Waals surface area contributed by atoms with Gasteiger partial charge >= 0.3 is 0 Å². The van der Waals surface area contributed by atoms with Crippen molar-refractivity contribution >= 4 is 34.1 Å². The van der Waals surface area contributed by atoms with Crippen molar-refractivity contribution in [2.24, 2.45) is 0 Å². The molecule has 0 radical (unpaired) electrons. The predicted molar refractivity (Wildman–Crippen MR) is 184 cm³/mol. The molecule has 0 N–H and O–H groups in total. The fraction of sp³-hybridized carbons (Fsp3) is 0. The normalized spacial score (nSPS) is 10.7. The summed E-state index contributed by atoms with van der Waals surface area (Å²) in [5, 5.41) is 0. The number of para-hydroxylation sites is 6. The Morgan fingerprint density at radius 1 is 0.341 bits per heavy atom. The number of anilines is 6. The molecule has 0 aliphatic carbocycles. The molecule has 3 nitrogen and oxygen atoms in total. The highest BCUT2D eigenvalue weighted by atomic mass is 15.1. The summed E-state index contributed by atoms with van der Waals surface area (Å²) in [7, 11) is 0. The quantitative estimate of drug-likeness (QED) is 0.183. The van der Waals surface area contributed by atoms with E-state index in [-0.39, 0.29) is 0 Å². The lowest BCUT2D eigenvalue weighted by atomic mass is 9.99. The van der Waals surface area contributed by atoms with E-state index in [4.69, 9.17) is 4.98 Å². The highest BCUT2D eigenvalue weighted by Crippen LogP contribution is 2.43. The van der Waals surface area contributed by atoms with Crippen molar-refractivity contribution < 1.29 is 0 Å². The van der Waals surface area contributed by atoms with Crippen molar-refractivity contribution in [3.05, 3.63) is 188 Å². The summed E-state index contributed by atoms with van der Waals surface area (Å²) in [5.41, 5.74) is 10.8. The van der Waals surface area contributed by atoms with Crippen molar-refractivity contribution in [3.63, 3.8) is 0 Å². The van der Waals surface area contributed by atoms with Gasteiger partial charge in [0.15, 0.2) is 0 Å². The van der Waals surface area contributed by atoms with Gasteiger partial charge in [-0.2, -0.15) is 0 Å². The molecule has 0 amide bonds. The summed E-state index contributed by atoms with van der Waals surface area (Å²) in [6.45, 7) is 0. The van der Waals surface area contributed by atoms with E-state index < -0.39 is 0 Å². The lowest BCUT2D eigenvalue weighted by molar-refractivity contribution is 1.26. The molecule has 7 aromatic rings. The Labute approximate surface area is 259 Å². The molecule has 7 rings (SSSR count). The van der Waals surface area contributed by atoms with Gasteiger partial charge in [0, 0.05) is 40.1 Å². The van der Waals surface area contributed by atoms with E-state index in [1.54, 1.807) is 0 Å². The maximum Gasteiger partial charge on any atom is 0.0729 e. The fourth-order valence-electron chi connectivity index (χ4n) is 5.71. The van der Waals surface area contributed by atoms with Crippen molar-refractivity contribution in [3.8, 4) is 22.4 Å². The molecule has 0 atom stereocenters. The Morgan fingerprint density at radius 2 is 0.705 bits per heavy atom. The third-order valence-corrected chi connectivity index (χ3v) is 7.69. The third-order valence-electron chi connectivity index (χ3n) is 7.69. The molecule has 210 valence electrons. The topological polar surface area (TPSA) is 19.4 Å². The molecule has 0 saturated heterocycles. The van der Waals surface area contributed by atoms with Gasteiger partial charge in [-0.3, -0.25) is 4.98 Å². The summed E-state index contributed by atoms with van der Waals surface area (Å²) in [4.78, 5) is 9.53. The van der Waals surface area contributed by atoms with Crippen molar-refractivity contribution in [1.82, 2.24) is 4.98 Å². The van der Waals surface area contributed by atoms with E-state index >= 15 is 0 Å². The van der Waals surface area contributed by atoms with Crippen LogP contribution in [-0.4, -0.2) is 4.98 Å². The Bertz CT molecular complexity index is 1740. The first-order valence-electron chi connectivity index (χ1n) is 14.8. The minimum Gasteiger partial charge on any atom is -0.310 e. The zero-order chi connectivity index (χ0) is 29.6. The fourth-order valence-corrected chi connectivity index (χ4v) is 5.71. The second-order valence-corrected chi connectivity index (χ2v) is 10.5. The maximum atomic E-state index is 4.92.